The van der Waals surface area contributed by atoms with Crippen LogP contribution >= 0.6 is 15.9 Å². The molecular weight excluding hydrogens is 294 g/mol. The van der Waals surface area contributed by atoms with Crippen molar-refractivity contribution in [2.75, 3.05) is 0 Å². The molecule has 1 aliphatic rings. The Morgan fingerprint density at radius 3 is 2.89 bits per heavy atom. The summed E-state index contributed by atoms with van der Waals surface area (Å²) < 4.78 is 6.33. The Bertz CT molecular complexity index is 563. The first kappa shape index (κ1) is 11.9. The summed E-state index contributed by atoms with van der Waals surface area (Å²) in [6.07, 6.45) is 3.68. The number of hydrogen-bond acceptors (Lipinski definition) is 4. The van der Waals surface area contributed by atoms with Gasteiger partial charge in [0, 0.05) is 10.9 Å². The van der Waals surface area contributed by atoms with E-state index in [-0.39, 0.29) is 5.54 Å². The van der Waals surface area contributed by atoms with Gasteiger partial charge in [0.05, 0.1) is 5.54 Å². The lowest BCUT2D eigenvalue weighted by Crippen LogP contribution is -2.43. The number of aromatic nitrogens is 2. The third kappa shape index (κ3) is 2.20. The number of halogens is 1. The summed E-state index contributed by atoms with van der Waals surface area (Å²) in [5, 5.41) is 4.01. The lowest BCUT2D eigenvalue weighted by atomic mass is 9.78. The van der Waals surface area contributed by atoms with Crippen LogP contribution in [-0.4, -0.2) is 10.1 Å². The fraction of sp³-hybridized carbons (Fsp3) is 0.385. The molecule has 0 atom stereocenters. The van der Waals surface area contributed by atoms with Crippen molar-refractivity contribution in [2.24, 2.45) is 5.73 Å². The molecule has 0 amide bonds. The van der Waals surface area contributed by atoms with Crippen molar-refractivity contribution >= 4 is 15.9 Å². The SMILES string of the molecule is NC1(c2nc(Cc3cccc(Br)c3)no2)CCC1. The van der Waals surface area contributed by atoms with Crippen molar-refractivity contribution in [3.05, 3.63) is 46.0 Å². The molecule has 2 N–H and O–H groups in total. The maximum absolute atomic E-state index is 6.15. The molecule has 1 saturated carbocycles. The minimum atomic E-state index is -0.372. The smallest absolute Gasteiger partial charge is 0.246 e. The Morgan fingerprint density at radius 1 is 1.39 bits per heavy atom. The highest BCUT2D eigenvalue weighted by molar-refractivity contribution is 9.10. The van der Waals surface area contributed by atoms with Crippen molar-refractivity contribution in [1.29, 1.82) is 0 Å². The van der Waals surface area contributed by atoms with Crippen LogP contribution in [0.15, 0.2) is 33.3 Å². The predicted molar refractivity (Wildman–Crippen MR) is 71.0 cm³/mol. The van der Waals surface area contributed by atoms with Crippen LogP contribution in [-0.2, 0) is 12.0 Å². The van der Waals surface area contributed by atoms with E-state index < -0.39 is 0 Å². The monoisotopic (exact) mass is 307 g/mol. The van der Waals surface area contributed by atoms with Crippen molar-refractivity contribution in [3.63, 3.8) is 0 Å². The van der Waals surface area contributed by atoms with Gasteiger partial charge >= 0.3 is 0 Å². The highest BCUT2D eigenvalue weighted by Crippen LogP contribution is 2.37. The van der Waals surface area contributed by atoms with Gasteiger partial charge in [0.15, 0.2) is 5.82 Å². The Hall–Kier alpha value is -1.20. The van der Waals surface area contributed by atoms with Gasteiger partial charge in [0.25, 0.3) is 0 Å². The van der Waals surface area contributed by atoms with E-state index in [1.165, 1.54) is 0 Å². The zero-order chi connectivity index (χ0) is 12.6. The first-order valence-electron chi connectivity index (χ1n) is 6.02. The first-order valence-corrected chi connectivity index (χ1v) is 6.81. The molecule has 0 bridgehead atoms. The second kappa shape index (κ2) is 4.48. The van der Waals surface area contributed by atoms with Gasteiger partial charge in [0.1, 0.15) is 0 Å². The van der Waals surface area contributed by atoms with E-state index in [1.807, 2.05) is 18.2 Å². The number of benzene rings is 1. The summed E-state index contributed by atoms with van der Waals surface area (Å²) in [4.78, 5) is 4.41. The maximum atomic E-state index is 6.15. The van der Waals surface area contributed by atoms with E-state index in [4.69, 9.17) is 10.3 Å². The summed E-state index contributed by atoms with van der Waals surface area (Å²) in [7, 11) is 0. The average Bonchev–Trinajstić information content (AvgIpc) is 2.75. The van der Waals surface area contributed by atoms with Crippen molar-refractivity contribution in [3.8, 4) is 0 Å². The van der Waals surface area contributed by atoms with Gasteiger partial charge in [-0.15, -0.1) is 0 Å². The van der Waals surface area contributed by atoms with Crippen LogP contribution in [0, 0.1) is 0 Å². The van der Waals surface area contributed by atoms with Gasteiger partial charge in [-0.2, -0.15) is 4.98 Å². The van der Waals surface area contributed by atoms with Crippen LogP contribution in [0.5, 0.6) is 0 Å². The molecule has 3 rings (SSSR count). The van der Waals surface area contributed by atoms with E-state index in [2.05, 4.69) is 32.1 Å². The second-order valence-corrected chi connectivity index (χ2v) is 5.75. The van der Waals surface area contributed by atoms with Gasteiger partial charge in [0.2, 0.25) is 5.89 Å². The van der Waals surface area contributed by atoms with Crippen LogP contribution in [0.25, 0.3) is 0 Å². The van der Waals surface area contributed by atoms with E-state index >= 15 is 0 Å². The van der Waals surface area contributed by atoms with Crippen molar-refractivity contribution < 1.29 is 4.52 Å². The summed E-state index contributed by atoms with van der Waals surface area (Å²) in [6.45, 7) is 0. The van der Waals surface area contributed by atoms with Crippen LogP contribution in [0.2, 0.25) is 0 Å². The minimum Gasteiger partial charge on any atom is -0.337 e. The fourth-order valence-corrected chi connectivity index (χ4v) is 2.58. The molecule has 1 fully saturated rings. The van der Waals surface area contributed by atoms with Crippen LogP contribution in [0.1, 0.15) is 36.5 Å². The molecule has 1 aliphatic carbocycles. The molecule has 0 saturated heterocycles. The molecule has 1 aromatic heterocycles. The average molecular weight is 308 g/mol. The van der Waals surface area contributed by atoms with Gasteiger partial charge in [-0.3, -0.25) is 0 Å². The zero-order valence-electron chi connectivity index (χ0n) is 9.90. The summed E-state index contributed by atoms with van der Waals surface area (Å²) in [5.74, 6) is 1.28. The van der Waals surface area contributed by atoms with Crippen molar-refractivity contribution in [2.45, 2.75) is 31.2 Å². The van der Waals surface area contributed by atoms with Crippen molar-refractivity contribution in [1.82, 2.24) is 10.1 Å². The number of nitrogens with two attached hydrogens (primary N) is 1. The Morgan fingerprint density at radius 2 is 2.22 bits per heavy atom. The standard InChI is InChI=1S/C13H14BrN3O/c14-10-4-1-3-9(7-10)8-11-16-12(18-17-11)13(15)5-2-6-13/h1,3-4,7H,2,5-6,8,15H2. The molecule has 0 spiro atoms. The van der Waals surface area contributed by atoms with E-state index in [9.17, 15) is 0 Å². The molecule has 5 heteroatoms. The van der Waals surface area contributed by atoms with Gasteiger partial charge in [-0.05, 0) is 37.0 Å². The highest BCUT2D eigenvalue weighted by atomic mass is 79.9. The Labute approximate surface area is 114 Å². The van der Waals surface area contributed by atoms with E-state index in [0.29, 0.717) is 18.1 Å². The van der Waals surface area contributed by atoms with Crippen LogP contribution in [0.3, 0.4) is 0 Å². The molecule has 18 heavy (non-hydrogen) atoms. The van der Waals surface area contributed by atoms with E-state index in [1.54, 1.807) is 0 Å². The highest BCUT2D eigenvalue weighted by Gasteiger charge is 2.39. The normalized spacial score (nSPS) is 17.4. The molecule has 1 aromatic carbocycles. The first-order chi connectivity index (χ1) is 8.66. The number of rotatable bonds is 3. The summed E-state index contributed by atoms with van der Waals surface area (Å²) >= 11 is 3.45. The third-order valence-electron chi connectivity index (χ3n) is 3.39. The lowest BCUT2D eigenvalue weighted by molar-refractivity contribution is 0.181. The number of hydrogen-bond donors (Lipinski definition) is 1. The lowest BCUT2D eigenvalue weighted by Gasteiger charge is -2.33. The molecule has 0 unspecified atom stereocenters. The molecule has 0 aliphatic heterocycles. The van der Waals surface area contributed by atoms with Crippen LogP contribution in [0.4, 0.5) is 0 Å². The fourth-order valence-electron chi connectivity index (χ4n) is 2.13. The van der Waals surface area contributed by atoms with Crippen LogP contribution < -0.4 is 5.73 Å². The molecule has 94 valence electrons. The molecular formula is C13H14BrN3O. The predicted octanol–water partition coefficient (Wildman–Crippen LogP) is 2.76. The third-order valence-corrected chi connectivity index (χ3v) is 3.88. The second-order valence-electron chi connectivity index (χ2n) is 4.83. The molecule has 4 nitrogen and oxygen atoms in total. The van der Waals surface area contributed by atoms with Gasteiger partial charge < -0.3 is 10.3 Å². The number of nitrogens with zero attached hydrogens (tertiary/aromatic N) is 2. The minimum absolute atomic E-state index is 0.372. The maximum Gasteiger partial charge on any atom is 0.246 e. The zero-order valence-corrected chi connectivity index (χ0v) is 11.5. The molecule has 0 radical (unpaired) electrons. The Balaban J connectivity index is 1.78. The van der Waals surface area contributed by atoms with Gasteiger partial charge in [-0.25, -0.2) is 0 Å². The Kier molecular flexibility index (Phi) is 2.95. The summed E-state index contributed by atoms with van der Waals surface area (Å²) in [5.41, 5.74) is 6.93. The quantitative estimate of drug-likeness (QED) is 0.947. The molecule has 2 aromatic rings. The summed E-state index contributed by atoms with van der Waals surface area (Å²) in [6, 6.07) is 8.09. The topological polar surface area (TPSA) is 64.9 Å². The molecule has 1 heterocycles. The van der Waals surface area contributed by atoms with Gasteiger partial charge in [-0.1, -0.05) is 33.2 Å². The van der Waals surface area contributed by atoms with E-state index in [0.717, 1.165) is 29.3 Å². The largest absolute Gasteiger partial charge is 0.337 e.